The lowest BCUT2D eigenvalue weighted by Crippen LogP contribution is -2.25. The fourth-order valence-corrected chi connectivity index (χ4v) is 6.23. The molecule has 326 valence electrons. The van der Waals surface area contributed by atoms with E-state index in [2.05, 4.69) is 107 Å². The second-order valence-corrected chi connectivity index (χ2v) is 19.0. The number of allylic oxidation sites excluding steroid dienone is 3. The first-order valence-electron chi connectivity index (χ1n) is 21.3. The highest BCUT2D eigenvalue weighted by Crippen LogP contribution is 2.36. The number of furan rings is 1. The molecule has 2 aromatic carbocycles. The highest BCUT2D eigenvalue weighted by Gasteiger charge is 2.27. The van der Waals surface area contributed by atoms with Crippen LogP contribution in [-0.4, -0.2) is 24.1 Å². The molecule has 59 heavy (non-hydrogen) atoms. The molecule has 0 aliphatic heterocycles. The Labute approximate surface area is 360 Å². The van der Waals surface area contributed by atoms with Crippen LogP contribution < -0.4 is 15.8 Å². The first-order valence-corrected chi connectivity index (χ1v) is 21.8. The Kier molecular flexibility index (Phi) is 21.8. The number of amides is 1. The molecule has 1 heterocycles. The van der Waals surface area contributed by atoms with Crippen molar-refractivity contribution in [2.24, 2.45) is 4.99 Å². The molecule has 0 saturated heterocycles. The van der Waals surface area contributed by atoms with Crippen molar-refractivity contribution in [3.05, 3.63) is 128 Å². The third kappa shape index (κ3) is 18.0. The van der Waals surface area contributed by atoms with E-state index in [-0.39, 0.29) is 22.5 Å². The van der Waals surface area contributed by atoms with E-state index < -0.39 is 5.41 Å². The Morgan fingerprint density at radius 3 is 1.93 bits per heavy atom. The number of aryl methyl sites for hydroxylation is 1. The van der Waals surface area contributed by atoms with E-state index in [0.717, 1.165) is 33.1 Å². The van der Waals surface area contributed by atoms with Crippen molar-refractivity contribution in [1.29, 1.82) is 0 Å². The number of alkyl halides is 1. The lowest BCUT2D eigenvalue weighted by atomic mass is 9.73. The Balaban J connectivity index is 0.000000618. The number of hydrogen-bond donors (Lipinski definition) is 1. The standard InChI is InChI=1S/C31H44N2O3.C14H18FP.C7H16/c1-13-20(4)27(29(35-12)32-19(2)3)33-28(34)26-15-14-23(36-26)17-22-18-25(31(9,10)11)24(16-21(22)5)30(6,7)8;1-10-7-5-6-8-13(10)11(2)9-12(3)14(4,15)16;1-3-5-7-6-4-2/h14-16,18H,4,13,17H2,1-3,5-12H3,(H,33,34);5-9H,1,16H2,2-4H3;3-7H2,1-2H3/b29-27-;12-9+,13-11-;. The number of ether oxygens (including phenoxy) is 1. The van der Waals surface area contributed by atoms with Gasteiger partial charge >= 0.3 is 0 Å². The van der Waals surface area contributed by atoms with Crippen LogP contribution in [0.5, 0.6) is 0 Å². The van der Waals surface area contributed by atoms with Crippen LogP contribution in [0.25, 0.3) is 12.2 Å². The fourth-order valence-electron chi connectivity index (χ4n) is 6.14. The molecule has 7 heteroatoms. The van der Waals surface area contributed by atoms with E-state index in [4.69, 9.17) is 9.15 Å². The summed E-state index contributed by atoms with van der Waals surface area (Å²) in [6.45, 7) is 39.2. The lowest BCUT2D eigenvalue weighted by Gasteiger charge is -2.31. The van der Waals surface area contributed by atoms with Gasteiger partial charge in [-0.15, -0.1) is 0 Å². The predicted octanol–water partition coefficient (Wildman–Crippen LogP) is 13.5. The highest BCUT2D eigenvalue weighted by atomic mass is 31.0. The molecular formula is C52H78FN2O3P. The van der Waals surface area contributed by atoms with Crippen LogP contribution in [-0.2, 0) is 22.0 Å². The summed E-state index contributed by atoms with van der Waals surface area (Å²) in [6, 6.07) is 16.1. The van der Waals surface area contributed by atoms with Gasteiger partial charge in [-0.25, -0.2) is 9.38 Å². The number of nitrogens with zero attached hydrogens (tertiary/aromatic N) is 1. The van der Waals surface area contributed by atoms with Crippen molar-refractivity contribution in [2.75, 3.05) is 7.11 Å². The first-order chi connectivity index (χ1) is 27.3. The smallest absolute Gasteiger partial charge is 0.291 e. The lowest BCUT2D eigenvalue weighted by molar-refractivity contribution is 0.0934. The number of hydrogen-bond acceptors (Lipinski definition) is 4. The molecule has 0 bridgehead atoms. The Morgan fingerprint density at radius 1 is 0.898 bits per heavy atom. The van der Waals surface area contributed by atoms with Crippen LogP contribution in [0.4, 0.5) is 4.39 Å². The molecule has 5 nitrogen and oxygen atoms in total. The SMILES string of the molecule is C=C(CC)/C(NC(=O)c1ccc(Cc2cc(C(C)(C)C)c(C(C)(C)C)cc2C)o1)=C(\N=C(C)C)OC.C=c1cccc/c1=C(C)/C=C(\C)C(C)(F)P.CCCCCCC. The van der Waals surface area contributed by atoms with E-state index in [1.54, 1.807) is 13.0 Å². The fraction of sp³-hybridized carbons (Fsp3) is 0.500. The van der Waals surface area contributed by atoms with E-state index in [1.165, 1.54) is 68.4 Å². The average molecular weight is 829 g/mol. The molecule has 0 aliphatic rings. The molecule has 0 fully saturated rings. The quantitative estimate of drug-likeness (QED) is 0.0579. The van der Waals surface area contributed by atoms with Crippen molar-refractivity contribution in [3.63, 3.8) is 0 Å². The zero-order valence-electron chi connectivity index (χ0n) is 39.7. The second-order valence-electron chi connectivity index (χ2n) is 17.9. The maximum atomic E-state index is 13.6. The van der Waals surface area contributed by atoms with Crippen molar-refractivity contribution in [3.8, 4) is 0 Å². The Hall–Kier alpha value is -4.02. The van der Waals surface area contributed by atoms with E-state index >= 15 is 0 Å². The third-order valence-corrected chi connectivity index (χ3v) is 10.4. The highest BCUT2D eigenvalue weighted by molar-refractivity contribution is 7.19. The van der Waals surface area contributed by atoms with Gasteiger partial charge in [0.15, 0.2) is 5.76 Å². The number of unbranched alkanes of at least 4 members (excludes halogenated alkanes) is 4. The molecule has 1 amide bonds. The minimum atomic E-state index is -1.35. The molecule has 1 N–H and O–H groups in total. The Morgan fingerprint density at radius 2 is 1.46 bits per heavy atom. The Bertz CT molecular complexity index is 2040. The van der Waals surface area contributed by atoms with Gasteiger partial charge in [0.2, 0.25) is 5.88 Å². The van der Waals surface area contributed by atoms with E-state index in [1.807, 2.05) is 64.1 Å². The van der Waals surface area contributed by atoms with Gasteiger partial charge in [-0.1, -0.05) is 159 Å². The first kappa shape index (κ1) is 53.0. The summed E-state index contributed by atoms with van der Waals surface area (Å²) in [4.78, 5) is 17.5. The summed E-state index contributed by atoms with van der Waals surface area (Å²) in [7, 11) is 3.74. The van der Waals surface area contributed by atoms with E-state index in [0.29, 0.717) is 30.0 Å². The third-order valence-electron chi connectivity index (χ3n) is 9.95. The normalized spacial score (nSPS) is 13.7. The summed E-state index contributed by atoms with van der Waals surface area (Å²) in [5, 5.41) is 3.58. The van der Waals surface area contributed by atoms with Crippen molar-refractivity contribution in [1.82, 2.24) is 5.32 Å². The molecule has 0 radical (unpaired) electrons. The number of carbonyl (C=O) groups is 1. The van der Waals surface area contributed by atoms with Gasteiger partial charge in [0, 0.05) is 12.1 Å². The monoisotopic (exact) mass is 829 g/mol. The molecule has 0 saturated carbocycles. The molecule has 3 rings (SSSR count). The van der Waals surface area contributed by atoms with Gasteiger partial charge in [-0.05, 0) is 120 Å². The van der Waals surface area contributed by atoms with Crippen LogP contribution >= 0.6 is 9.24 Å². The topological polar surface area (TPSA) is 63.8 Å². The molecule has 2 atom stereocenters. The minimum Gasteiger partial charge on any atom is -0.480 e. The number of halogens is 1. The zero-order chi connectivity index (χ0) is 45.3. The van der Waals surface area contributed by atoms with E-state index in [9.17, 15) is 9.18 Å². The van der Waals surface area contributed by atoms with Crippen LogP contribution in [0, 0.1) is 6.92 Å². The van der Waals surface area contributed by atoms with Gasteiger partial charge in [0.05, 0.1) is 7.11 Å². The van der Waals surface area contributed by atoms with Crippen molar-refractivity contribution >= 4 is 33.0 Å². The maximum absolute atomic E-state index is 13.6. The zero-order valence-corrected chi connectivity index (χ0v) is 40.8. The molecule has 0 spiro atoms. The molecule has 3 aromatic rings. The molecule has 1 aromatic heterocycles. The van der Waals surface area contributed by atoms with Gasteiger partial charge in [0.25, 0.3) is 5.91 Å². The van der Waals surface area contributed by atoms with Crippen molar-refractivity contribution in [2.45, 2.75) is 165 Å². The van der Waals surface area contributed by atoms with Crippen LogP contribution in [0.2, 0.25) is 0 Å². The summed E-state index contributed by atoms with van der Waals surface area (Å²) >= 11 is 0. The van der Waals surface area contributed by atoms with Gasteiger partial charge < -0.3 is 14.5 Å². The summed E-state index contributed by atoms with van der Waals surface area (Å²) in [5.41, 5.74) is 8.92. The number of aliphatic imine (C=N–C) groups is 1. The van der Waals surface area contributed by atoms with Crippen molar-refractivity contribution < 1.29 is 18.3 Å². The number of carbonyl (C=O) groups excluding carboxylic acids is 1. The summed E-state index contributed by atoms with van der Waals surface area (Å²) in [6.07, 6.45) is 10.1. The molecule has 2 unspecified atom stereocenters. The van der Waals surface area contributed by atoms with Gasteiger partial charge in [-0.2, -0.15) is 0 Å². The average Bonchev–Trinajstić information content (AvgIpc) is 3.61. The number of nitrogens with one attached hydrogen (secondary N) is 1. The largest absolute Gasteiger partial charge is 0.480 e. The predicted molar refractivity (Wildman–Crippen MR) is 258 cm³/mol. The molecular weight excluding hydrogens is 751 g/mol. The molecule has 0 aliphatic carbocycles. The second kappa shape index (κ2) is 24.3. The van der Waals surface area contributed by atoms with Gasteiger partial charge in [-0.3, -0.25) is 4.79 Å². The van der Waals surface area contributed by atoms with Gasteiger partial charge in [0.1, 0.15) is 16.9 Å². The number of benzene rings is 2. The number of rotatable bonds is 14. The maximum Gasteiger partial charge on any atom is 0.291 e. The van der Waals surface area contributed by atoms with Crippen LogP contribution in [0.1, 0.15) is 174 Å². The summed E-state index contributed by atoms with van der Waals surface area (Å²) in [5.74, 6) is 0.936. The summed E-state index contributed by atoms with van der Waals surface area (Å²) < 4.78 is 25.1. The van der Waals surface area contributed by atoms with Crippen LogP contribution in [0.15, 0.2) is 93.3 Å². The van der Waals surface area contributed by atoms with Crippen LogP contribution in [0.3, 0.4) is 0 Å². The number of methoxy groups -OCH3 is 1. The minimum absolute atomic E-state index is 0.0159.